The van der Waals surface area contributed by atoms with E-state index in [1.807, 2.05) is 19.1 Å². The lowest BCUT2D eigenvalue weighted by molar-refractivity contribution is 0.0945. The second-order valence-electron chi connectivity index (χ2n) is 4.35. The second-order valence-corrected chi connectivity index (χ2v) is 5.21. The number of rotatable bonds is 3. The molecule has 1 aromatic rings. The smallest absolute Gasteiger partial charge is 0.0763 e. The fraction of sp³-hybridized carbons (Fsp3) is 0.455. The first-order chi connectivity index (χ1) is 6.79. The number of aliphatic hydroxyl groups is 1. The number of hydrogen-bond acceptors (Lipinski definition) is 3. The van der Waals surface area contributed by atoms with Crippen LogP contribution in [0.1, 0.15) is 19.4 Å². The molecule has 0 unspecified atom stereocenters. The number of nitrogens with one attached hydrogen (secondary N) is 1. The summed E-state index contributed by atoms with van der Waals surface area (Å²) >= 11 is 3.42. The highest BCUT2D eigenvalue weighted by Gasteiger charge is 2.12. The molecule has 0 saturated heterocycles. The molecule has 15 heavy (non-hydrogen) atoms. The average molecular weight is 273 g/mol. The summed E-state index contributed by atoms with van der Waals surface area (Å²) in [5.41, 5.74) is 7.77. The Morgan fingerprint density at radius 1 is 1.47 bits per heavy atom. The quantitative estimate of drug-likeness (QED) is 0.742. The minimum atomic E-state index is -0.727. The van der Waals surface area contributed by atoms with Gasteiger partial charge in [-0.2, -0.15) is 0 Å². The Morgan fingerprint density at radius 2 is 2.07 bits per heavy atom. The van der Waals surface area contributed by atoms with Crippen LogP contribution in [-0.2, 0) is 0 Å². The molecular formula is C11H17BrN2O. The SMILES string of the molecule is Cc1cc(NCC(C)(C)O)c(Br)cc1N. The molecule has 4 N–H and O–H groups in total. The van der Waals surface area contributed by atoms with Gasteiger partial charge in [0.05, 0.1) is 5.60 Å². The lowest BCUT2D eigenvalue weighted by atomic mass is 10.1. The van der Waals surface area contributed by atoms with E-state index in [1.165, 1.54) is 0 Å². The van der Waals surface area contributed by atoms with E-state index in [0.717, 1.165) is 21.4 Å². The maximum absolute atomic E-state index is 9.59. The number of benzene rings is 1. The Balaban J connectivity index is 2.82. The van der Waals surface area contributed by atoms with Crippen molar-refractivity contribution in [3.05, 3.63) is 22.2 Å². The third kappa shape index (κ3) is 3.72. The zero-order valence-electron chi connectivity index (χ0n) is 9.26. The molecular weight excluding hydrogens is 256 g/mol. The van der Waals surface area contributed by atoms with Crippen LogP contribution in [0.4, 0.5) is 11.4 Å². The van der Waals surface area contributed by atoms with Crippen molar-refractivity contribution in [1.82, 2.24) is 0 Å². The Bertz CT molecular complexity index is 358. The second kappa shape index (κ2) is 4.41. The van der Waals surface area contributed by atoms with Crippen LogP contribution in [-0.4, -0.2) is 17.3 Å². The molecule has 0 saturated carbocycles. The Kier molecular flexibility index (Phi) is 3.62. The van der Waals surface area contributed by atoms with Crippen LogP contribution in [0.5, 0.6) is 0 Å². The molecule has 0 aliphatic heterocycles. The molecule has 0 atom stereocenters. The third-order valence-corrected chi connectivity index (χ3v) is 2.72. The monoisotopic (exact) mass is 272 g/mol. The van der Waals surface area contributed by atoms with Gasteiger partial charge in [-0.1, -0.05) is 0 Å². The molecule has 0 heterocycles. The first-order valence-corrected chi connectivity index (χ1v) is 5.61. The van der Waals surface area contributed by atoms with Crippen molar-refractivity contribution in [2.45, 2.75) is 26.4 Å². The van der Waals surface area contributed by atoms with Gasteiger partial charge in [0.15, 0.2) is 0 Å². The zero-order chi connectivity index (χ0) is 11.6. The molecule has 0 spiro atoms. The van der Waals surface area contributed by atoms with Crippen molar-refractivity contribution in [2.75, 3.05) is 17.6 Å². The topological polar surface area (TPSA) is 58.3 Å². The van der Waals surface area contributed by atoms with Crippen LogP contribution < -0.4 is 11.1 Å². The van der Waals surface area contributed by atoms with Crippen LogP contribution in [0.15, 0.2) is 16.6 Å². The van der Waals surface area contributed by atoms with E-state index in [2.05, 4.69) is 21.2 Å². The van der Waals surface area contributed by atoms with Crippen molar-refractivity contribution >= 4 is 27.3 Å². The molecule has 0 radical (unpaired) electrons. The Hall–Kier alpha value is -0.740. The van der Waals surface area contributed by atoms with Gasteiger partial charge >= 0.3 is 0 Å². The van der Waals surface area contributed by atoms with E-state index < -0.39 is 5.60 Å². The van der Waals surface area contributed by atoms with Crippen LogP contribution >= 0.6 is 15.9 Å². The summed E-state index contributed by atoms with van der Waals surface area (Å²) < 4.78 is 0.912. The molecule has 1 rings (SSSR count). The number of aryl methyl sites for hydroxylation is 1. The molecule has 0 aliphatic carbocycles. The Labute approximate surface area is 98.8 Å². The van der Waals surface area contributed by atoms with E-state index in [1.54, 1.807) is 13.8 Å². The summed E-state index contributed by atoms with van der Waals surface area (Å²) in [6, 6.07) is 3.83. The number of hydrogen-bond donors (Lipinski definition) is 3. The lowest BCUT2D eigenvalue weighted by Gasteiger charge is -2.19. The fourth-order valence-corrected chi connectivity index (χ4v) is 1.65. The maximum atomic E-state index is 9.59. The van der Waals surface area contributed by atoms with Gasteiger partial charge in [0.1, 0.15) is 0 Å². The van der Waals surface area contributed by atoms with Gasteiger partial charge in [0, 0.05) is 22.4 Å². The normalized spacial score (nSPS) is 11.5. The van der Waals surface area contributed by atoms with E-state index in [0.29, 0.717) is 6.54 Å². The molecule has 3 nitrogen and oxygen atoms in total. The Morgan fingerprint density at radius 3 is 2.60 bits per heavy atom. The fourth-order valence-electron chi connectivity index (χ4n) is 1.14. The van der Waals surface area contributed by atoms with Crippen LogP contribution in [0, 0.1) is 6.92 Å². The number of anilines is 2. The van der Waals surface area contributed by atoms with Gasteiger partial charge in [0.2, 0.25) is 0 Å². The minimum absolute atomic E-state index is 0.495. The van der Waals surface area contributed by atoms with Crippen LogP contribution in [0.2, 0.25) is 0 Å². The van der Waals surface area contributed by atoms with Gasteiger partial charge in [-0.25, -0.2) is 0 Å². The third-order valence-electron chi connectivity index (χ3n) is 2.07. The minimum Gasteiger partial charge on any atom is -0.398 e. The summed E-state index contributed by atoms with van der Waals surface area (Å²) in [7, 11) is 0. The van der Waals surface area contributed by atoms with Gasteiger partial charge in [-0.05, 0) is 54.4 Å². The van der Waals surface area contributed by atoms with E-state index in [-0.39, 0.29) is 0 Å². The van der Waals surface area contributed by atoms with Gasteiger partial charge in [-0.15, -0.1) is 0 Å². The summed E-state index contributed by atoms with van der Waals surface area (Å²) in [5, 5.41) is 12.8. The highest BCUT2D eigenvalue weighted by Crippen LogP contribution is 2.27. The molecule has 0 aliphatic rings. The van der Waals surface area contributed by atoms with Crippen molar-refractivity contribution in [2.24, 2.45) is 0 Å². The zero-order valence-corrected chi connectivity index (χ0v) is 10.9. The lowest BCUT2D eigenvalue weighted by Crippen LogP contribution is -2.29. The van der Waals surface area contributed by atoms with Crippen LogP contribution in [0.3, 0.4) is 0 Å². The highest BCUT2D eigenvalue weighted by atomic mass is 79.9. The summed E-state index contributed by atoms with van der Waals surface area (Å²) in [6.07, 6.45) is 0. The van der Waals surface area contributed by atoms with Crippen molar-refractivity contribution in [3.8, 4) is 0 Å². The standard InChI is InChI=1S/C11H17BrN2O/c1-7-4-10(8(12)5-9(7)13)14-6-11(2,3)15/h4-5,14-15H,6,13H2,1-3H3. The molecule has 1 aromatic carbocycles. The average Bonchev–Trinajstić information content (AvgIpc) is 2.07. The van der Waals surface area contributed by atoms with Crippen LogP contribution in [0.25, 0.3) is 0 Å². The number of nitrogens with two attached hydrogens (primary N) is 1. The molecule has 4 heteroatoms. The molecule has 0 amide bonds. The number of halogens is 1. The van der Waals surface area contributed by atoms with Crippen molar-refractivity contribution in [3.63, 3.8) is 0 Å². The largest absolute Gasteiger partial charge is 0.398 e. The number of nitrogen functional groups attached to an aromatic ring is 1. The predicted molar refractivity (Wildman–Crippen MR) is 68.1 cm³/mol. The molecule has 0 bridgehead atoms. The molecule has 0 aromatic heterocycles. The first kappa shape index (κ1) is 12.3. The van der Waals surface area contributed by atoms with Crippen molar-refractivity contribution < 1.29 is 5.11 Å². The molecule has 0 fully saturated rings. The van der Waals surface area contributed by atoms with E-state index >= 15 is 0 Å². The van der Waals surface area contributed by atoms with E-state index in [9.17, 15) is 5.11 Å². The van der Waals surface area contributed by atoms with Gasteiger partial charge in [0.25, 0.3) is 0 Å². The molecule has 84 valence electrons. The first-order valence-electron chi connectivity index (χ1n) is 4.81. The van der Waals surface area contributed by atoms with Gasteiger partial charge < -0.3 is 16.2 Å². The summed E-state index contributed by atoms with van der Waals surface area (Å²) in [4.78, 5) is 0. The van der Waals surface area contributed by atoms with Crippen molar-refractivity contribution in [1.29, 1.82) is 0 Å². The highest BCUT2D eigenvalue weighted by molar-refractivity contribution is 9.10. The van der Waals surface area contributed by atoms with E-state index in [4.69, 9.17) is 5.73 Å². The maximum Gasteiger partial charge on any atom is 0.0763 e. The van der Waals surface area contributed by atoms with Gasteiger partial charge in [-0.3, -0.25) is 0 Å². The summed E-state index contributed by atoms with van der Waals surface area (Å²) in [6.45, 7) is 5.97. The predicted octanol–water partition coefficient (Wildman–Crippen LogP) is 2.52. The summed E-state index contributed by atoms with van der Waals surface area (Å²) in [5.74, 6) is 0.